The Balaban J connectivity index is 2.23. The number of para-hydroxylation sites is 1. The fourth-order valence-corrected chi connectivity index (χ4v) is 3.00. The molecule has 19 heavy (non-hydrogen) atoms. The van der Waals surface area contributed by atoms with Gasteiger partial charge in [-0.05, 0) is 42.3 Å². The first kappa shape index (κ1) is 14.6. The van der Waals surface area contributed by atoms with Gasteiger partial charge in [0.1, 0.15) is 0 Å². The fraction of sp³-hybridized carbons (Fsp3) is 0.467. The zero-order valence-corrected chi connectivity index (χ0v) is 13.1. The number of benzene rings is 1. The normalized spacial score (nSPS) is 13.1. The van der Waals surface area contributed by atoms with Gasteiger partial charge in [-0.3, -0.25) is 0 Å². The molecule has 0 bridgehead atoms. The highest BCUT2D eigenvalue weighted by atomic mass is 79.9. The van der Waals surface area contributed by atoms with E-state index in [-0.39, 0.29) is 6.10 Å². The van der Waals surface area contributed by atoms with E-state index < -0.39 is 0 Å². The lowest BCUT2D eigenvalue weighted by Crippen LogP contribution is -2.25. The third kappa shape index (κ3) is 3.02. The first-order chi connectivity index (χ1) is 9.19. The Labute approximate surface area is 122 Å². The van der Waals surface area contributed by atoms with Crippen LogP contribution in [0.3, 0.4) is 0 Å². The summed E-state index contributed by atoms with van der Waals surface area (Å²) in [6.45, 7) is 6.38. The number of halogens is 1. The van der Waals surface area contributed by atoms with Crippen molar-refractivity contribution in [1.82, 2.24) is 4.57 Å². The second kappa shape index (κ2) is 6.55. The van der Waals surface area contributed by atoms with Crippen LogP contribution in [0.5, 0.6) is 0 Å². The molecule has 0 aliphatic heterocycles. The summed E-state index contributed by atoms with van der Waals surface area (Å²) in [5.41, 5.74) is 8.26. The molecule has 3 nitrogen and oxygen atoms in total. The van der Waals surface area contributed by atoms with Crippen molar-refractivity contribution < 1.29 is 4.74 Å². The van der Waals surface area contributed by atoms with Gasteiger partial charge in [-0.2, -0.15) is 0 Å². The summed E-state index contributed by atoms with van der Waals surface area (Å²) in [4.78, 5) is 0. The predicted octanol–water partition coefficient (Wildman–Crippen LogP) is 3.47. The predicted molar refractivity (Wildman–Crippen MR) is 83.5 cm³/mol. The van der Waals surface area contributed by atoms with E-state index in [2.05, 4.69) is 51.7 Å². The SMILES string of the molecule is CCOC(CN)CCn1c(C)c(Br)c2ccccc21. The Kier molecular flexibility index (Phi) is 5.02. The van der Waals surface area contributed by atoms with E-state index in [0.29, 0.717) is 6.54 Å². The van der Waals surface area contributed by atoms with Crippen LogP contribution in [0, 0.1) is 6.92 Å². The summed E-state index contributed by atoms with van der Waals surface area (Å²) in [7, 11) is 0. The molecule has 0 spiro atoms. The average Bonchev–Trinajstić information content (AvgIpc) is 2.68. The molecule has 2 N–H and O–H groups in total. The van der Waals surface area contributed by atoms with Crippen LogP contribution >= 0.6 is 15.9 Å². The highest BCUT2D eigenvalue weighted by Gasteiger charge is 2.13. The maximum Gasteiger partial charge on any atom is 0.0714 e. The van der Waals surface area contributed by atoms with E-state index in [0.717, 1.165) is 19.6 Å². The van der Waals surface area contributed by atoms with Crippen LogP contribution in [-0.4, -0.2) is 23.8 Å². The van der Waals surface area contributed by atoms with Crippen molar-refractivity contribution in [2.45, 2.75) is 32.9 Å². The lowest BCUT2D eigenvalue weighted by molar-refractivity contribution is 0.0600. The molecule has 2 aromatic rings. The molecule has 0 saturated heterocycles. The van der Waals surface area contributed by atoms with Gasteiger partial charge in [-0.1, -0.05) is 18.2 Å². The van der Waals surface area contributed by atoms with E-state index in [1.165, 1.54) is 21.1 Å². The van der Waals surface area contributed by atoms with Gasteiger partial charge >= 0.3 is 0 Å². The lowest BCUT2D eigenvalue weighted by Gasteiger charge is -2.16. The summed E-state index contributed by atoms with van der Waals surface area (Å²) >= 11 is 3.68. The van der Waals surface area contributed by atoms with Gasteiger partial charge in [-0.25, -0.2) is 0 Å². The highest BCUT2D eigenvalue weighted by Crippen LogP contribution is 2.30. The van der Waals surface area contributed by atoms with Gasteiger partial charge in [0.25, 0.3) is 0 Å². The second-order valence-corrected chi connectivity index (χ2v) is 5.46. The summed E-state index contributed by atoms with van der Waals surface area (Å²) in [5.74, 6) is 0. The topological polar surface area (TPSA) is 40.2 Å². The average molecular weight is 325 g/mol. The maximum absolute atomic E-state index is 5.74. The molecule has 1 aromatic heterocycles. The molecular weight excluding hydrogens is 304 g/mol. The number of hydrogen-bond donors (Lipinski definition) is 1. The smallest absolute Gasteiger partial charge is 0.0714 e. The standard InChI is InChI=1S/C15H21BrN2O/c1-3-19-12(10-17)8-9-18-11(2)15(16)13-6-4-5-7-14(13)18/h4-7,12H,3,8-10,17H2,1-2H3. The molecule has 0 saturated carbocycles. The highest BCUT2D eigenvalue weighted by molar-refractivity contribution is 9.10. The van der Waals surface area contributed by atoms with Crippen LogP contribution < -0.4 is 5.73 Å². The van der Waals surface area contributed by atoms with Gasteiger partial charge in [-0.15, -0.1) is 0 Å². The molecule has 1 atom stereocenters. The van der Waals surface area contributed by atoms with Gasteiger partial charge in [0.2, 0.25) is 0 Å². The number of hydrogen-bond acceptors (Lipinski definition) is 2. The van der Waals surface area contributed by atoms with Crippen LogP contribution in [0.4, 0.5) is 0 Å². The first-order valence-electron chi connectivity index (χ1n) is 6.74. The van der Waals surface area contributed by atoms with Crippen LogP contribution in [-0.2, 0) is 11.3 Å². The third-order valence-corrected chi connectivity index (χ3v) is 4.49. The number of nitrogens with zero attached hydrogens (tertiary/aromatic N) is 1. The first-order valence-corrected chi connectivity index (χ1v) is 7.53. The van der Waals surface area contributed by atoms with E-state index in [9.17, 15) is 0 Å². The van der Waals surface area contributed by atoms with E-state index >= 15 is 0 Å². The largest absolute Gasteiger partial charge is 0.377 e. The van der Waals surface area contributed by atoms with Crippen molar-refractivity contribution in [1.29, 1.82) is 0 Å². The van der Waals surface area contributed by atoms with Crippen molar-refractivity contribution in [2.24, 2.45) is 5.73 Å². The molecule has 1 aromatic carbocycles. The molecule has 0 radical (unpaired) electrons. The zero-order valence-electron chi connectivity index (χ0n) is 11.5. The Morgan fingerprint density at radius 1 is 1.37 bits per heavy atom. The van der Waals surface area contributed by atoms with Crippen molar-refractivity contribution in [3.63, 3.8) is 0 Å². The minimum absolute atomic E-state index is 0.143. The number of rotatable bonds is 6. The fourth-order valence-electron chi connectivity index (χ4n) is 2.45. The van der Waals surface area contributed by atoms with Crippen LogP contribution in [0.15, 0.2) is 28.7 Å². The minimum atomic E-state index is 0.143. The van der Waals surface area contributed by atoms with E-state index in [4.69, 9.17) is 10.5 Å². The zero-order chi connectivity index (χ0) is 13.8. The number of ether oxygens (including phenoxy) is 1. The number of aryl methyl sites for hydroxylation is 1. The van der Waals surface area contributed by atoms with Crippen LogP contribution in [0.1, 0.15) is 19.0 Å². The molecule has 0 aliphatic carbocycles. The van der Waals surface area contributed by atoms with Gasteiger partial charge in [0, 0.05) is 40.8 Å². The Morgan fingerprint density at radius 2 is 2.11 bits per heavy atom. The molecular formula is C15H21BrN2O. The third-order valence-electron chi connectivity index (χ3n) is 3.49. The second-order valence-electron chi connectivity index (χ2n) is 4.67. The molecule has 1 heterocycles. The lowest BCUT2D eigenvalue weighted by atomic mass is 10.2. The Morgan fingerprint density at radius 3 is 2.79 bits per heavy atom. The van der Waals surface area contributed by atoms with Gasteiger partial charge in [0.15, 0.2) is 0 Å². The number of nitrogens with two attached hydrogens (primary N) is 1. The monoisotopic (exact) mass is 324 g/mol. The summed E-state index contributed by atoms with van der Waals surface area (Å²) in [6, 6.07) is 8.45. The van der Waals surface area contributed by atoms with E-state index in [1.54, 1.807) is 0 Å². The van der Waals surface area contributed by atoms with Gasteiger partial charge < -0.3 is 15.0 Å². The molecule has 0 aliphatic rings. The van der Waals surface area contributed by atoms with Gasteiger partial charge in [0.05, 0.1) is 6.10 Å². The molecule has 2 rings (SSSR count). The number of aromatic nitrogens is 1. The van der Waals surface area contributed by atoms with Crippen molar-refractivity contribution in [3.05, 3.63) is 34.4 Å². The van der Waals surface area contributed by atoms with Crippen molar-refractivity contribution in [3.8, 4) is 0 Å². The van der Waals surface area contributed by atoms with Crippen LogP contribution in [0.2, 0.25) is 0 Å². The molecule has 0 fully saturated rings. The van der Waals surface area contributed by atoms with Crippen LogP contribution in [0.25, 0.3) is 10.9 Å². The number of fused-ring (bicyclic) bond motifs is 1. The molecule has 0 amide bonds. The summed E-state index contributed by atoms with van der Waals surface area (Å²) < 4.78 is 9.14. The Bertz CT molecular complexity index is 550. The minimum Gasteiger partial charge on any atom is -0.377 e. The summed E-state index contributed by atoms with van der Waals surface area (Å²) in [5, 5.41) is 1.26. The molecule has 4 heteroatoms. The Hall–Kier alpha value is -0.840. The van der Waals surface area contributed by atoms with E-state index in [1.807, 2.05) is 6.92 Å². The summed E-state index contributed by atoms with van der Waals surface area (Å²) in [6.07, 6.45) is 1.08. The molecule has 104 valence electrons. The quantitative estimate of drug-likeness (QED) is 0.883. The van der Waals surface area contributed by atoms with Crippen molar-refractivity contribution >= 4 is 26.8 Å². The van der Waals surface area contributed by atoms with Crippen molar-refractivity contribution in [2.75, 3.05) is 13.2 Å². The maximum atomic E-state index is 5.74. The molecule has 1 unspecified atom stereocenters.